The van der Waals surface area contributed by atoms with E-state index < -0.39 is 0 Å². The van der Waals surface area contributed by atoms with Crippen molar-refractivity contribution in [1.29, 1.82) is 0 Å². The van der Waals surface area contributed by atoms with E-state index in [2.05, 4.69) is 37.5 Å². The molecule has 5 rings (SSSR count). The predicted octanol–water partition coefficient (Wildman–Crippen LogP) is 4.02. The van der Waals surface area contributed by atoms with Gasteiger partial charge in [-0.25, -0.2) is 0 Å². The standard InChI is InChI=1S/C19H28N2/c1-12-3-4-17(13(2)5-12)18(21-20)19-9-14-6-15(10-19)8-16(7-14)11-19/h3-5,14-16,18,21H,6-11,20H2,1-2H3. The average Bonchev–Trinajstić information content (AvgIpc) is 2.40. The topological polar surface area (TPSA) is 38.0 Å². The largest absolute Gasteiger partial charge is 0.271 e. The highest BCUT2D eigenvalue weighted by Crippen LogP contribution is 2.64. The zero-order valence-electron chi connectivity index (χ0n) is 13.4. The van der Waals surface area contributed by atoms with Crippen molar-refractivity contribution < 1.29 is 0 Å². The molecule has 4 aliphatic rings. The van der Waals surface area contributed by atoms with E-state index in [1.165, 1.54) is 55.2 Å². The highest BCUT2D eigenvalue weighted by molar-refractivity contribution is 5.34. The molecule has 1 atom stereocenters. The lowest BCUT2D eigenvalue weighted by atomic mass is 9.47. The fourth-order valence-corrected chi connectivity index (χ4v) is 6.28. The average molecular weight is 284 g/mol. The van der Waals surface area contributed by atoms with Gasteiger partial charge in [0, 0.05) is 0 Å². The molecule has 2 nitrogen and oxygen atoms in total. The second kappa shape index (κ2) is 4.82. The molecule has 1 unspecified atom stereocenters. The fourth-order valence-electron chi connectivity index (χ4n) is 6.28. The molecule has 0 heterocycles. The molecule has 0 aromatic heterocycles. The number of hydrogen-bond acceptors (Lipinski definition) is 2. The number of hydrogen-bond donors (Lipinski definition) is 2. The van der Waals surface area contributed by atoms with Gasteiger partial charge in [0.1, 0.15) is 0 Å². The summed E-state index contributed by atoms with van der Waals surface area (Å²) in [5.74, 6) is 8.99. The summed E-state index contributed by atoms with van der Waals surface area (Å²) in [6.45, 7) is 4.42. The molecular formula is C19H28N2. The van der Waals surface area contributed by atoms with Gasteiger partial charge < -0.3 is 0 Å². The second-order valence-corrected chi connectivity index (χ2v) is 8.24. The lowest BCUT2D eigenvalue weighted by molar-refractivity contribution is -0.0750. The molecule has 4 bridgehead atoms. The van der Waals surface area contributed by atoms with Gasteiger partial charge in [-0.05, 0) is 86.7 Å². The van der Waals surface area contributed by atoms with Crippen molar-refractivity contribution in [2.24, 2.45) is 29.0 Å². The van der Waals surface area contributed by atoms with E-state index in [0.29, 0.717) is 11.5 Å². The molecule has 0 amide bonds. The Bertz CT molecular complexity index is 513. The fraction of sp³-hybridized carbons (Fsp3) is 0.684. The van der Waals surface area contributed by atoms with Crippen molar-refractivity contribution in [1.82, 2.24) is 5.43 Å². The first-order valence-corrected chi connectivity index (χ1v) is 8.63. The molecule has 0 spiro atoms. The summed E-state index contributed by atoms with van der Waals surface area (Å²) in [7, 11) is 0. The first kappa shape index (κ1) is 13.8. The van der Waals surface area contributed by atoms with Crippen molar-refractivity contribution in [3.8, 4) is 0 Å². The Labute approximate surface area is 128 Å². The predicted molar refractivity (Wildman–Crippen MR) is 86.6 cm³/mol. The Kier molecular flexibility index (Phi) is 3.16. The number of nitrogens with one attached hydrogen (secondary N) is 1. The van der Waals surface area contributed by atoms with Gasteiger partial charge in [-0.3, -0.25) is 11.3 Å². The normalized spacial score (nSPS) is 38.7. The summed E-state index contributed by atoms with van der Waals surface area (Å²) in [6.07, 6.45) is 8.64. The Morgan fingerprint density at radius 3 is 2.10 bits per heavy atom. The highest BCUT2D eigenvalue weighted by atomic mass is 15.2. The van der Waals surface area contributed by atoms with Crippen LogP contribution in [0.5, 0.6) is 0 Å². The monoisotopic (exact) mass is 284 g/mol. The first-order chi connectivity index (χ1) is 10.1. The Balaban J connectivity index is 1.72. The molecule has 0 aliphatic heterocycles. The van der Waals surface area contributed by atoms with E-state index in [0.717, 1.165) is 17.8 Å². The summed E-state index contributed by atoms with van der Waals surface area (Å²) >= 11 is 0. The molecule has 0 saturated heterocycles. The Morgan fingerprint density at radius 1 is 1.05 bits per heavy atom. The van der Waals surface area contributed by atoms with E-state index in [-0.39, 0.29) is 0 Å². The summed E-state index contributed by atoms with van der Waals surface area (Å²) < 4.78 is 0. The molecule has 1 aromatic rings. The first-order valence-electron chi connectivity index (χ1n) is 8.63. The van der Waals surface area contributed by atoms with Crippen LogP contribution in [-0.2, 0) is 0 Å². The molecule has 1 aromatic carbocycles. The Hall–Kier alpha value is -0.860. The maximum absolute atomic E-state index is 6.08. The second-order valence-electron chi connectivity index (χ2n) is 8.24. The molecule has 4 saturated carbocycles. The van der Waals surface area contributed by atoms with Crippen molar-refractivity contribution in [2.45, 2.75) is 58.4 Å². The maximum atomic E-state index is 6.08. The van der Waals surface area contributed by atoms with Crippen LogP contribution in [0.3, 0.4) is 0 Å². The highest BCUT2D eigenvalue weighted by Gasteiger charge is 2.54. The van der Waals surface area contributed by atoms with Crippen LogP contribution in [-0.4, -0.2) is 0 Å². The van der Waals surface area contributed by atoms with E-state index in [1.54, 1.807) is 0 Å². The van der Waals surface area contributed by atoms with Crippen molar-refractivity contribution in [3.05, 3.63) is 34.9 Å². The summed E-state index contributed by atoms with van der Waals surface area (Å²) in [4.78, 5) is 0. The van der Waals surface area contributed by atoms with Gasteiger partial charge in [-0.15, -0.1) is 0 Å². The van der Waals surface area contributed by atoms with Crippen molar-refractivity contribution >= 4 is 0 Å². The van der Waals surface area contributed by atoms with Crippen molar-refractivity contribution in [3.63, 3.8) is 0 Å². The van der Waals surface area contributed by atoms with Gasteiger partial charge in [0.15, 0.2) is 0 Å². The molecule has 3 N–H and O–H groups in total. The lowest BCUT2D eigenvalue weighted by Crippen LogP contribution is -2.53. The minimum Gasteiger partial charge on any atom is -0.271 e. The third-order valence-corrected chi connectivity index (χ3v) is 6.60. The molecule has 2 heteroatoms. The van der Waals surface area contributed by atoms with Gasteiger partial charge >= 0.3 is 0 Å². The molecular weight excluding hydrogens is 256 g/mol. The molecule has 21 heavy (non-hydrogen) atoms. The zero-order valence-corrected chi connectivity index (χ0v) is 13.4. The maximum Gasteiger partial charge on any atom is 0.0519 e. The van der Waals surface area contributed by atoms with Crippen LogP contribution in [0.2, 0.25) is 0 Å². The summed E-state index contributed by atoms with van der Waals surface area (Å²) in [5, 5.41) is 0. The van der Waals surface area contributed by atoms with E-state index in [4.69, 9.17) is 5.84 Å². The molecule has 114 valence electrons. The Morgan fingerprint density at radius 2 is 1.62 bits per heavy atom. The zero-order chi connectivity index (χ0) is 14.6. The van der Waals surface area contributed by atoms with Gasteiger partial charge in [0.2, 0.25) is 0 Å². The number of nitrogens with two attached hydrogens (primary N) is 1. The minimum atomic E-state index is 0.339. The van der Waals surface area contributed by atoms with Crippen LogP contribution in [0.15, 0.2) is 18.2 Å². The van der Waals surface area contributed by atoms with Gasteiger partial charge in [-0.1, -0.05) is 23.8 Å². The van der Waals surface area contributed by atoms with E-state index in [9.17, 15) is 0 Å². The third kappa shape index (κ3) is 2.15. The van der Waals surface area contributed by atoms with Crippen LogP contribution in [0.4, 0.5) is 0 Å². The number of rotatable bonds is 3. The molecule has 0 radical (unpaired) electrons. The van der Waals surface area contributed by atoms with E-state index >= 15 is 0 Å². The number of hydrazine groups is 1. The summed E-state index contributed by atoms with van der Waals surface area (Å²) in [5.41, 5.74) is 7.83. The van der Waals surface area contributed by atoms with Crippen molar-refractivity contribution in [2.75, 3.05) is 0 Å². The third-order valence-electron chi connectivity index (χ3n) is 6.60. The van der Waals surface area contributed by atoms with Crippen LogP contribution in [0, 0.1) is 37.0 Å². The lowest BCUT2D eigenvalue weighted by Gasteiger charge is -2.59. The van der Waals surface area contributed by atoms with Gasteiger partial charge in [0.25, 0.3) is 0 Å². The number of aryl methyl sites for hydroxylation is 2. The van der Waals surface area contributed by atoms with Gasteiger partial charge in [-0.2, -0.15) is 0 Å². The van der Waals surface area contributed by atoms with Crippen LogP contribution in [0.1, 0.15) is 61.3 Å². The molecule has 4 aliphatic carbocycles. The van der Waals surface area contributed by atoms with Crippen LogP contribution < -0.4 is 11.3 Å². The van der Waals surface area contributed by atoms with Crippen LogP contribution >= 0.6 is 0 Å². The minimum absolute atomic E-state index is 0.339. The van der Waals surface area contributed by atoms with Gasteiger partial charge in [0.05, 0.1) is 6.04 Å². The van der Waals surface area contributed by atoms with Crippen LogP contribution in [0.25, 0.3) is 0 Å². The van der Waals surface area contributed by atoms with E-state index in [1.807, 2.05) is 0 Å². The summed E-state index contributed by atoms with van der Waals surface area (Å²) in [6, 6.07) is 7.20. The SMILES string of the molecule is Cc1ccc(C(NN)C23CC4CC(CC(C4)C2)C3)c(C)c1. The number of benzene rings is 1. The molecule has 4 fully saturated rings. The smallest absolute Gasteiger partial charge is 0.0519 e. The quantitative estimate of drug-likeness (QED) is 0.650.